The maximum absolute atomic E-state index is 11.5. The van der Waals surface area contributed by atoms with Gasteiger partial charge in [0, 0.05) is 23.1 Å². The highest BCUT2D eigenvalue weighted by Crippen LogP contribution is 2.33. The first-order valence-electron chi connectivity index (χ1n) is 9.43. The zero-order valence-corrected chi connectivity index (χ0v) is 17.1. The minimum atomic E-state index is -0.383. The van der Waals surface area contributed by atoms with E-state index in [1.165, 1.54) is 11.8 Å². The molecule has 1 atom stereocenters. The van der Waals surface area contributed by atoms with Crippen molar-refractivity contribution in [3.63, 3.8) is 0 Å². The number of nitrogens with two attached hydrogens (primary N) is 1. The molecule has 0 saturated carbocycles. The first kappa shape index (κ1) is 19.1. The normalized spacial score (nSPS) is 12.2. The number of primary amides is 1. The number of hydrogen-bond acceptors (Lipinski definition) is 5. The van der Waals surface area contributed by atoms with Gasteiger partial charge in [0.2, 0.25) is 5.91 Å². The second-order valence-electron chi connectivity index (χ2n) is 6.65. The van der Waals surface area contributed by atoms with Crippen molar-refractivity contribution < 1.29 is 4.79 Å². The fourth-order valence-electron chi connectivity index (χ4n) is 3.19. The molecule has 7 heteroatoms. The average Bonchev–Trinajstić information content (AvgIpc) is 3.15. The first-order chi connectivity index (χ1) is 14.1. The smallest absolute Gasteiger partial charge is 0.230 e. The van der Waals surface area contributed by atoms with E-state index in [9.17, 15) is 4.79 Å². The van der Waals surface area contributed by atoms with Crippen LogP contribution >= 0.6 is 11.8 Å². The molecular formula is C22H21N5OS. The van der Waals surface area contributed by atoms with Crippen LogP contribution in [0.15, 0.2) is 65.8 Å². The zero-order valence-electron chi connectivity index (χ0n) is 16.2. The van der Waals surface area contributed by atoms with Crippen LogP contribution in [0.2, 0.25) is 0 Å². The summed E-state index contributed by atoms with van der Waals surface area (Å²) < 4.78 is 2.01. The van der Waals surface area contributed by atoms with Gasteiger partial charge in [-0.25, -0.2) is 4.98 Å². The number of fused-ring (bicyclic) bond motifs is 1. The molecule has 146 valence electrons. The van der Waals surface area contributed by atoms with E-state index in [0.29, 0.717) is 11.7 Å². The molecule has 2 aromatic heterocycles. The van der Waals surface area contributed by atoms with Gasteiger partial charge in [0.25, 0.3) is 0 Å². The molecule has 6 nitrogen and oxygen atoms in total. The summed E-state index contributed by atoms with van der Waals surface area (Å²) in [5.74, 6) is 0.380. The summed E-state index contributed by atoms with van der Waals surface area (Å²) in [6, 6.07) is 20.1. The standard InChI is InChI=1S/C22H21N5OS/c1-3-27-21(25-26-22(27)29-14(2)20(23)28)17-13-19(15-9-5-4-6-10-15)24-18-12-8-7-11-16(17)18/h4-14H,3H2,1-2H3,(H2,23,28)/t14-/m0/s1. The molecule has 0 unspecified atom stereocenters. The van der Waals surface area contributed by atoms with Crippen molar-refractivity contribution in [1.29, 1.82) is 0 Å². The van der Waals surface area contributed by atoms with Gasteiger partial charge in [-0.05, 0) is 26.0 Å². The SMILES string of the molecule is CCn1c(S[C@@H](C)C(N)=O)nnc1-c1cc(-c2ccccc2)nc2ccccc12. The Hall–Kier alpha value is -3.19. The van der Waals surface area contributed by atoms with Gasteiger partial charge in [-0.1, -0.05) is 60.3 Å². The van der Waals surface area contributed by atoms with Crippen molar-refractivity contribution in [2.24, 2.45) is 5.73 Å². The maximum atomic E-state index is 11.5. The third kappa shape index (κ3) is 3.73. The monoisotopic (exact) mass is 403 g/mol. The summed E-state index contributed by atoms with van der Waals surface area (Å²) >= 11 is 1.32. The number of carbonyl (C=O) groups excluding carboxylic acids is 1. The summed E-state index contributed by atoms with van der Waals surface area (Å²) in [6.07, 6.45) is 0. The summed E-state index contributed by atoms with van der Waals surface area (Å²) in [4.78, 5) is 16.3. The predicted molar refractivity (Wildman–Crippen MR) is 116 cm³/mol. The minimum Gasteiger partial charge on any atom is -0.369 e. The van der Waals surface area contributed by atoms with Crippen molar-refractivity contribution in [3.05, 3.63) is 60.7 Å². The molecule has 0 aliphatic rings. The van der Waals surface area contributed by atoms with E-state index in [2.05, 4.69) is 16.3 Å². The van der Waals surface area contributed by atoms with E-state index in [-0.39, 0.29) is 11.2 Å². The van der Waals surface area contributed by atoms with Crippen molar-refractivity contribution in [3.8, 4) is 22.6 Å². The van der Waals surface area contributed by atoms with Crippen molar-refractivity contribution in [1.82, 2.24) is 19.7 Å². The van der Waals surface area contributed by atoms with E-state index in [1.807, 2.05) is 66.1 Å². The Balaban J connectivity index is 1.90. The Morgan fingerprint density at radius 3 is 2.55 bits per heavy atom. The molecule has 2 heterocycles. The van der Waals surface area contributed by atoms with Crippen LogP contribution in [-0.2, 0) is 11.3 Å². The van der Waals surface area contributed by atoms with Gasteiger partial charge in [-0.15, -0.1) is 10.2 Å². The van der Waals surface area contributed by atoms with E-state index in [1.54, 1.807) is 6.92 Å². The van der Waals surface area contributed by atoms with Gasteiger partial charge in [0.15, 0.2) is 11.0 Å². The lowest BCUT2D eigenvalue weighted by Crippen LogP contribution is -2.23. The number of rotatable bonds is 6. The Kier molecular flexibility index (Phi) is 5.31. The van der Waals surface area contributed by atoms with Crippen molar-refractivity contribution >= 4 is 28.6 Å². The summed E-state index contributed by atoms with van der Waals surface area (Å²) in [5.41, 5.74) is 9.20. The second-order valence-corrected chi connectivity index (χ2v) is 7.96. The molecule has 2 aromatic carbocycles. The molecule has 0 fully saturated rings. The predicted octanol–water partition coefficient (Wildman–Crippen LogP) is 4.15. The Bertz CT molecular complexity index is 1170. The van der Waals surface area contributed by atoms with Crippen LogP contribution in [0.3, 0.4) is 0 Å². The number of amides is 1. The highest BCUT2D eigenvalue weighted by Gasteiger charge is 2.20. The van der Waals surface area contributed by atoms with Crippen LogP contribution in [0.4, 0.5) is 0 Å². The van der Waals surface area contributed by atoms with Gasteiger partial charge >= 0.3 is 0 Å². The second kappa shape index (κ2) is 8.05. The van der Waals surface area contributed by atoms with E-state index in [0.717, 1.165) is 33.5 Å². The van der Waals surface area contributed by atoms with Gasteiger partial charge in [-0.2, -0.15) is 0 Å². The average molecular weight is 404 g/mol. The number of benzene rings is 2. The maximum Gasteiger partial charge on any atom is 0.230 e. The molecular weight excluding hydrogens is 382 g/mol. The van der Waals surface area contributed by atoms with E-state index in [4.69, 9.17) is 10.7 Å². The quantitative estimate of drug-likeness (QED) is 0.489. The van der Waals surface area contributed by atoms with Crippen LogP contribution < -0.4 is 5.73 Å². The molecule has 4 aromatic rings. The first-order valence-corrected chi connectivity index (χ1v) is 10.3. The summed E-state index contributed by atoms with van der Waals surface area (Å²) in [5, 5.41) is 10.1. The van der Waals surface area contributed by atoms with Crippen LogP contribution in [0.5, 0.6) is 0 Å². The molecule has 0 bridgehead atoms. The lowest BCUT2D eigenvalue weighted by molar-refractivity contribution is -0.117. The summed E-state index contributed by atoms with van der Waals surface area (Å²) in [6.45, 7) is 4.48. The van der Waals surface area contributed by atoms with Crippen LogP contribution in [-0.4, -0.2) is 30.9 Å². The largest absolute Gasteiger partial charge is 0.369 e. The molecule has 1 amide bonds. The molecule has 0 saturated heterocycles. The lowest BCUT2D eigenvalue weighted by Gasteiger charge is -2.12. The molecule has 0 radical (unpaired) electrons. The molecule has 0 spiro atoms. The number of nitrogens with zero attached hydrogens (tertiary/aromatic N) is 4. The van der Waals surface area contributed by atoms with Gasteiger partial charge in [-0.3, -0.25) is 4.79 Å². The highest BCUT2D eigenvalue weighted by molar-refractivity contribution is 8.00. The molecule has 29 heavy (non-hydrogen) atoms. The van der Waals surface area contributed by atoms with Gasteiger partial charge in [0.1, 0.15) is 0 Å². The van der Waals surface area contributed by atoms with Gasteiger partial charge in [0.05, 0.1) is 16.5 Å². The Morgan fingerprint density at radius 1 is 1.10 bits per heavy atom. The number of carbonyl (C=O) groups is 1. The number of pyridine rings is 1. The van der Waals surface area contributed by atoms with Crippen LogP contribution in [0.1, 0.15) is 13.8 Å². The van der Waals surface area contributed by atoms with Crippen molar-refractivity contribution in [2.75, 3.05) is 0 Å². The topological polar surface area (TPSA) is 86.7 Å². The van der Waals surface area contributed by atoms with Crippen LogP contribution in [0.25, 0.3) is 33.5 Å². The van der Waals surface area contributed by atoms with E-state index >= 15 is 0 Å². The number of aromatic nitrogens is 4. The minimum absolute atomic E-state index is 0.372. The Morgan fingerprint density at radius 2 is 1.83 bits per heavy atom. The van der Waals surface area contributed by atoms with Crippen LogP contribution in [0, 0.1) is 0 Å². The molecule has 0 aliphatic carbocycles. The fourth-order valence-corrected chi connectivity index (χ4v) is 4.06. The third-order valence-corrected chi connectivity index (χ3v) is 5.84. The third-order valence-electron chi connectivity index (χ3n) is 4.74. The Labute approximate surface area is 173 Å². The van der Waals surface area contributed by atoms with Gasteiger partial charge < -0.3 is 10.3 Å². The van der Waals surface area contributed by atoms with E-state index < -0.39 is 0 Å². The number of hydrogen-bond donors (Lipinski definition) is 1. The summed E-state index contributed by atoms with van der Waals surface area (Å²) in [7, 11) is 0. The van der Waals surface area contributed by atoms with Crippen molar-refractivity contribution in [2.45, 2.75) is 30.8 Å². The molecule has 4 rings (SSSR count). The molecule has 2 N–H and O–H groups in total. The lowest BCUT2D eigenvalue weighted by atomic mass is 10.0. The highest BCUT2D eigenvalue weighted by atomic mass is 32.2. The fraction of sp³-hybridized carbons (Fsp3) is 0.182. The zero-order chi connectivity index (χ0) is 20.4. The number of para-hydroxylation sites is 1. The number of thioether (sulfide) groups is 1. The molecule has 0 aliphatic heterocycles.